The Bertz CT molecular complexity index is 1120. The first-order chi connectivity index (χ1) is 14.6. The fourth-order valence-electron chi connectivity index (χ4n) is 3.03. The van der Waals surface area contributed by atoms with Gasteiger partial charge in [-0.3, -0.25) is 4.98 Å². The Hall–Kier alpha value is -3.64. The van der Waals surface area contributed by atoms with E-state index in [4.69, 9.17) is 19.9 Å². The van der Waals surface area contributed by atoms with Crippen LogP contribution < -0.4 is 19.9 Å². The van der Waals surface area contributed by atoms with Gasteiger partial charge in [0.1, 0.15) is 11.4 Å². The van der Waals surface area contributed by atoms with Crippen LogP contribution in [-0.2, 0) is 0 Å². The number of hydrogen-bond acceptors (Lipinski definition) is 6. The first kappa shape index (κ1) is 21.1. The number of fused-ring (bicyclic) bond motifs is 1. The molecule has 2 N–H and O–H groups in total. The number of aromatic nitrogens is 2. The monoisotopic (exact) mass is 403 g/mol. The van der Waals surface area contributed by atoms with Gasteiger partial charge in [-0.05, 0) is 31.2 Å². The zero-order valence-corrected chi connectivity index (χ0v) is 17.4. The molecule has 30 heavy (non-hydrogen) atoms. The van der Waals surface area contributed by atoms with Crippen LogP contribution in [0.4, 0.5) is 0 Å². The number of hydrogen-bond donors (Lipinski definition) is 1. The molecule has 154 valence electrons. The van der Waals surface area contributed by atoms with Crippen LogP contribution in [0.15, 0.2) is 67.4 Å². The van der Waals surface area contributed by atoms with Crippen LogP contribution in [0.1, 0.15) is 11.4 Å². The van der Waals surface area contributed by atoms with Crippen molar-refractivity contribution in [3.05, 3.63) is 78.8 Å². The minimum absolute atomic E-state index is 0.376. The van der Waals surface area contributed by atoms with Crippen molar-refractivity contribution in [2.24, 2.45) is 5.73 Å². The van der Waals surface area contributed by atoms with Crippen LogP contribution in [-0.4, -0.2) is 30.7 Å². The lowest BCUT2D eigenvalue weighted by atomic mass is 10.1. The smallest absolute Gasteiger partial charge is 0.162 e. The summed E-state index contributed by atoms with van der Waals surface area (Å²) in [6.45, 7) is 6.04. The Labute approximate surface area is 176 Å². The number of allylic oxidation sites excluding steroid dienone is 4. The van der Waals surface area contributed by atoms with Gasteiger partial charge in [-0.2, -0.15) is 0 Å². The lowest BCUT2D eigenvalue weighted by Gasteiger charge is -2.15. The van der Waals surface area contributed by atoms with Gasteiger partial charge in [0.2, 0.25) is 0 Å². The molecule has 6 nitrogen and oxygen atoms in total. The molecule has 0 fully saturated rings. The van der Waals surface area contributed by atoms with E-state index in [2.05, 4.69) is 16.5 Å². The second-order valence-electron chi connectivity index (χ2n) is 6.42. The van der Waals surface area contributed by atoms with Gasteiger partial charge >= 0.3 is 0 Å². The molecule has 0 aliphatic rings. The molecule has 0 aliphatic heterocycles. The Morgan fingerprint density at radius 1 is 1.07 bits per heavy atom. The number of aryl methyl sites for hydroxylation is 1. The molecule has 6 heteroatoms. The number of benzene rings is 1. The van der Waals surface area contributed by atoms with Crippen molar-refractivity contribution in [1.82, 2.24) is 9.97 Å². The molecule has 0 bridgehead atoms. The van der Waals surface area contributed by atoms with Crippen molar-refractivity contribution in [2.75, 3.05) is 20.8 Å². The van der Waals surface area contributed by atoms with Crippen molar-refractivity contribution >= 4 is 16.5 Å². The number of pyridine rings is 2. The number of ether oxygens (including phenoxy) is 3. The maximum absolute atomic E-state index is 6.32. The minimum Gasteiger partial charge on any atom is -0.493 e. The van der Waals surface area contributed by atoms with Gasteiger partial charge in [0.05, 0.1) is 19.7 Å². The van der Waals surface area contributed by atoms with E-state index in [0.29, 0.717) is 35.2 Å². The molecule has 0 atom stereocenters. The average molecular weight is 403 g/mol. The van der Waals surface area contributed by atoms with E-state index in [1.807, 2.05) is 55.5 Å². The molecule has 0 amide bonds. The first-order valence-electron chi connectivity index (χ1n) is 9.47. The highest BCUT2D eigenvalue weighted by atomic mass is 16.5. The maximum Gasteiger partial charge on any atom is 0.162 e. The van der Waals surface area contributed by atoms with Crippen molar-refractivity contribution in [2.45, 2.75) is 6.92 Å². The van der Waals surface area contributed by atoms with Crippen LogP contribution in [0.3, 0.4) is 0 Å². The molecule has 0 unspecified atom stereocenters. The van der Waals surface area contributed by atoms with Crippen LogP contribution in [0.5, 0.6) is 23.0 Å². The van der Waals surface area contributed by atoms with Gasteiger partial charge < -0.3 is 19.9 Å². The summed E-state index contributed by atoms with van der Waals surface area (Å²) in [5, 5.41) is 0.799. The largest absolute Gasteiger partial charge is 0.493 e. The number of methoxy groups -OCH3 is 2. The summed E-state index contributed by atoms with van der Waals surface area (Å²) in [5.41, 5.74) is 8.93. The van der Waals surface area contributed by atoms with Gasteiger partial charge in [0, 0.05) is 35.5 Å². The summed E-state index contributed by atoms with van der Waals surface area (Å²) < 4.78 is 17.1. The predicted octanol–water partition coefficient (Wildman–Crippen LogP) is 4.83. The summed E-state index contributed by atoms with van der Waals surface area (Å²) in [6.07, 6.45) is 9.05. The van der Waals surface area contributed by atoms with Crippen LogP contribution in [0.2, 0.25) is 0 Å². The molecule has 3 rings (SSSR count). The molecule has 2 heterocycles. The standard InChI is InChI=1S/C24H25N3O3/c1-5-6-7-17(10-12-25)24-21(9-8-16(2)27-24)30-20-11-13-26-19-15-23(29-4)22(28-3)14-18(19)20/h5-11,13-15H,1,12,25H2,2-4H3/b7-6-,17-10+. The third-order valence-electron chi connectivity index (χ3n) is 4.45. The SMILES string of the molecule is C=C/C=C\C(=C/CN)c1nc(C)ccc1Oc1ccnc2cc(OC)c(OC)cc12. The third kappa shape index (κ3) is 4.50. The zero-order chi connectivity index (χ0) is 21.5. The highest BCUT2D eigenvalue weighted by Crippen LogP contribution is 2.38. The summed E-state index contributed by atoms with van der Waals surface area (Å²) in [6, 6.07) is 9.29. The molecule has 0 radical (unpaired) electrons. The molecular formula is C24H25N3O3. The van der Waals surface area contributed by atoms with E-state index in [1.165, 1.54) is 0 Å². The zero-order valence-electron chi connectivity index (χ0n) is 17.4. The molecule has 0 spiro atoms. The number of rotatable bonds is 8. The van der Waals surface area contributed by atoms with E-state index in [0.717, 1.165) is 22.2 Å². The van der Waals surface area contributed by atoms with Crippen molar-refractivity contribution < 1.29 is 14.2 Å². The Morgan fingerprint density at radius 3 is 2.53 bits per heavy atom. The van der Waals surface area contributed by atoms with Crippen LogP contribution >= 0.6 is 0 Å². The molecule has 0 saturated carbocycles. The molecule has 2 aromatic heterocycles. The molecular weight excluding hydrogens is 378 g/mol. The van der Waals surface area contributed by atoms with Crippen molar-refractivity contribution in [3.8, 4) is 23.0 Å². The summed E-state index contributed by atoms with van der Waals surface area (Å²) in [5.74, 6) is 2.45. The quantitative estimate of drug-likeness (QED) is 0.543. The van der Waals surface area contributed by atoms with E-state index in [1.54, 1.807) is 26.5 Å². The van der Waals surface area contributed by atoms with E-state index in [-0.39, 0.29) is 0 Å². The first-order valence-corrected chi connectivity index (χ1v) is 9.47. The second kappa shape index (κ2) is 9.71. The van der Waals surface area contributed by atoms with E-state index < -0.39 is 0 Å². The van der Waals surface area contributed by atoms with E-state index in [9.17, 15) is 0 Å². The number of nitrogens with two attached hydrogens (primary N) is 1. The molecule has 1 aromatic carbocycles. The molecule has 0 aliphatic carbocycles. The summed E-state index contributed by atoms with van der Waals surface area (Å²) >= 11 is 0. The van der Waals surface area contributed by atoms with Crippen molar-refractivity contribution in [3.63, 3.8) is 0 Å². The third-order valence-corrected chi connectivity index (χ3v) is 4.45. The number of nitrogens with zero attached hydrogens (tertiary/aromatic N) is 2. The topological polar surface area (TPSA) is 79.5 Å². The normalized spacial score (nSPS) is 11.7. The van der Waals surface area contributed by atoms with Crippen molar-refractivity contribution in [1.29, 1.82) is 0 Å². The molecule has 0 saturated heterocycles. The Morgan fingerprint density at radius 2 is 1.83 bits per heavy atom. The predicted molar refractivity (Wildman–Crippen MR) is 120 cm³/mol. The minimum atomic E-state index is 0.376. The van der Waals surface area contributed by atoms with Crippen LogP contribution in [0.25, 0.3) is 16.5 Å². The fraction of sp³-hybridized carbons (Fsp3) is 0.167. The fourth-order valence-corrected chi connectivity index (χ4v) is 3.03. The van der Waals surface area contributed by atoms with Gasteiger partial charge in [-0.25, -0.2) is 4.98 Å². The van der Waals surface area contributed by atoms with Gasteiger partial charge in [0.15, 0.2) is 17.2 Å². The highest BCUT2D eigenvalue weighted by Gasteiger charge is 2.15. The second-order valence-corrected chi connectivity index (χ2v) is 6.42. The van der Waals surface area contributed by atoms with Gasteiger partial charge in [0.25, 0.3) is 0 Å². The van der Waals surface area contributed by atoms with E-state index >= 15 is 0 Å². The molecule has 3 aromatic rings. The summed E-state index contributed by atoms with van der Waals surface area (Å²) in [7, 11) is 3.19. The lowest BCUT2D eigenvalue weighted by molar-refractivity contribution is 0.355. The lowest BCUT2D eigenvalue weighted by Crippen LogP contribution is -2.00. The van der Waals surface area contributed by atoms with Gasteiger partial charge in [-0.1, -0.05) is 30.9 Å². The maximum atomic E-state index is 6.32. The average Bonchev–Trinajstić information content (AvgIpc) is 2.77. The highest BCUT2D eigenvalue weighted by molar-refractivity contribution is 5.88. The Balaban J connectivity index is 2.13. The van der Waals surface area contributed by atoms with Crippen LogP contribution in [0, 0.1) is 6.92 Å². The van der Waals surface area contributed by atoms with Gasteiger partial charge in [-0.15, -0.1) is 0 Å². The Kier molecular flexibility index (Phi) is 6.83. The summed E-state index contributed by atoms with van der Waals surface area (Å²) in [4.78, 5) is 9.12.